The van der Waals surface area contributed by atoms with Crippen LogP contribution in [0.25, 0.3) is 0 Å². The summed E-state index contributed by atoms with van der Waals surface area (Å²) < 4.78 is 0. The summed E-state index contributed by atoms with van der Waals surface area (Å²) in [6.45, 7) is 8.31. The fraction of sp³-hybridized carbons (Fsp3) is 0.562. The molecule has 116 valence electrons. The molecule has 1 N–H and O–H groups in total. The molecule has 1 aliphatic heterocycles. The highest BCUT2D eigenvalue weighted by atomic mass is 16.4. The Labute approximate surface area is 126 Å². The summed E-state index contributed by atoms with van der Waals surface area (Å²) in [6, 6.07) is 5.40. The van der Waals surface area contributed by atoms with E-state index in [1.165, 1.54) is 0 Å². The number of carboxylic acid groups (broad SMARTS) is 1. The van der Waals surface area contributed by atoms with E-state index in [1.807, 2.05) is 13.0 Å². The number of anilines is 1. The number of aryl methyl sites for hydroxylation is 1. The van der Waals surface area contributed by atoms with Gasteiger partial charge in [0, 0.05) is 45.0 Å². The van der Waals surface area contributed by atoms with Crippen LogP contribution in [0.4, 0.5) is 5.69 Å². The molecule has 1 aromatic carbocycles. The van der Waals surface area contributed by atoms with E-state index in [0.29, 0.717) is 5.56 Å². The number of hydrogen-bond acceptors (Lipinski definition) is 4. The molecule has 0 radical (unpaired) electrons. The number of nitrogens with zero attached hydrogens (tertiary/aromatic N) is 3. The van der Waals surface area contributed by atoms with Crippen LogP contribution >= 0.6 is 0 Å². The van der Waals surface area contributed by atoms with Gasteiger partial charge in [0.25, 0.3) is 0 Å². The van der Waals surface area contributed by atoms with E-state index in [4.69, 9.17) is 5.11 Å². The van der Waals surface area contributed by atoms with Gasteiger partial charge in [-0.1, -0.05) is 0 Å². The Bertz CT molecular complexity index is 494. The summed E-state index contributed by atoms with van der Waals surface area (Å²) in [4.78, 5) is 18.0. The van der Waals surface area contributed by atoms with E-state index >= 15 is 0 Å². The Balaban J connectivity index is 1.94. The van der Waals surface area contributed by atoms with Gasteiger partial charge < -0.3 is 14.9 Å². The van der Waals surface area contributed by atoms with Crippen molar-refractivity contribution in [2.75, 3.05) is 58.3 Å². The van der Waals surface area contributed by atoms with Crippen LogP contribution in [0.3, 0.4) is 0 Å². The van der Waals surface area contributed by atoms with Crippen LogP contribution in [-0.2, 0) is 0 Å². The fourth-order valence-electron chi connectivity index (χ4n) is 2.70. The minimum atomic E-state index is -0.863. The maximum absolute atomic E-state index is 11.0. The molecule has 0 saturated carbocycles. The Morgan fingerprint density at radius 3 is 2.43 bits per heavy atom. The molecule has 1 heterocycles. The third-order valence-electron chi connectivity index (χ3n) is 4.02. The van der Waals surface area contributed by atoms with Crippen molar-refractivity contribution in [3.63, 3.8) is 0 Å². The molecule has 0 amide bonds. The molecular weight excluding hydrogens is 266 g/mol. The number of rotatable bonds is 5. The zero-order chi connectivity index (χ0) is 15.4. The van der Waals surface area contributed by atoms with E-state index in [0.717, 1.165) is 50.5 Å². The van der Waals surface area contributed by atoms with Crippen molar-refractivity contribution in [2.24, 2.45) is 0 Å². The van der Waals surface area contributed by atoms with Crippen molar-refractivity contribution in [2.45, 2.75) is 6.92 Å². The number of carbonyl (C=O) groups is 1. The summed E-state index contributed by atoms with van der Waals surface area (Å²) in [7, 11) is 4.20. The number of piperazine rings is 1. The van der Waals surface area contributed by atoms with Crippen molar-refractivity contribution < 1.29 is 9.90 Å². The molecule has 0 aromatic heterocycles. The molecule has 5 heteroatoms. The van der Waals surface area contributed by atoms with Crippen molar-refractivity contribution in [1.29, 1.82) is 0 Å². The summed E-state index contributed by atoms with van der Waals surface area (Å²) in [5.41, 5.74) is 2.56. The lowest BCUT2D eigenvalue weighted by molar-refractivity contribution is 0.0697. The minimum Gasteiger partial charge on any atom is -0.478 e. The summed E-state index contributed by atoms with van der Waals surface area (Å²) in [5.74, 6) is -0.863. The van der Waals surface area contributed by atoms with Gasteiger partial charge in [-0.2, -0.15) is 0 Å². The van der Waals surface area contributed by atoms with Gasteiger partial charge >= 0.3 is 5.97 Å². The van der Waals surface area contributed by atoms with Crippen molar-refractivity contribution in [3.05, 3.63) is 29.3 Å². The number of benzene rings is 1. The number of likely N-dealkylation sites (N-methyl/N-ethyl adjacent to an activating group) is 1. The van der Waals surface area contributed by atoms with Crippen LogP contribution in [0, 0.1) is 6.92 Å². The molecule has 1 aliphatic rings. The van der Waals surface area contributed by atoms with Gasteiger partial charge in [0.1, 0.15) is 0 Å². The molecule has 1 saturated heterocycles. The summed E-state index contributed by atoms with van der Waals surface area (Å²) >= 11 is 0. The smallest absolute Gasteiger partial charge is 0.335 e. The van der Waals surface area contributed by atoms with E-state index in [1.54, 1.807) is 12.1 Å². The van der Waals surface area contributed by atoms with Gasteiger partial charge in [0.05, 0.1) is 5.56 Å². The molecule has 2 rings (SSSR count). The second kappa shape index (κ2) is 6.91. The zero-order valence-corrected chi connectivity index (χ0v) is 13.2. The van der Waals surface area contributed by atoms with Gasteiger partial charge in [-0.3, -0.25) is 4.90 Å². The van der Waals surface area contributed by atoms with Gasteiger partial charge in [0.2, 0.25) is 0 Å². The van der Waals surface area contributed by atoms with Crippen molar-refractivity contribution in [1.82, 2.24) is 9.80 Å². The highest BCUT2D eigenvalue weighted by Crippen LogP contribution is 2.22. The maximum Gasteiger partial charge on any atom is 0.335 e. The van der Waals surface area contributed by atoms with Crippen molar-refractivity contribution in [3.8, 4) is 0 Å². The van der Waals surface area contributed by atoms with Crippen LogP contribution in [0.1, 0.15) is 15.9 Å². The van der Waals surface area contributed by atoms with Crippen molar-refractivity contribution >= 4 is 11.7 Å². The van der Waals surface area contributed by atoms with Crippen LogP contribution in [-0.4, -0.2) is 74.2 Å². The van der Waals surface area contributed by atoms with E-state index in [2.05, 4.69) is 28.8 Å². The molecule has 0 spiro atoms. The molecule has 0 bridgehead atoms. The quantitative estimate of drug-likeness (QED) is 0.888. The third kappa shape index (κ3) is 4.19. The first-order valence-corrected chi connectivity index (χ1v) is 7.43. The average molecular weight is 291 g/mol. The highest BCUT2D eigenvalue weighted by molar-refractivity contribution is 5.88. The minimum absolute atomic E-state index is 0.362. The SMILES string of the molecule is Cc1cc(C(=O)O)ccc1N1CCN(CCN(C)C)CC1. The lowest BCUT2D eigenvalue weighted by atomic mass is 10.1. The largest absolute Gasteiger partial charge is 0.478 e. The Kier molecular flexibility index (Phi) is 5.20. The predicted octanol–water partition coefficient (Wildman–Crippen LogP) is 1.38. The Hall–Kier alpha value is -1.59. The lowest BCUT2D eigenvalue weighted by Gasteiger charge is -2.37. The third-order valence-corrected chi connectivity index (χ3v) is 4.02. The first-order valence-electron chi connectivity index (χ1n) is 7.43. The zero-order valence-electron chi connectivity index (χ0n) is 13.2. The standard InChI is InChI=1S/C16H25N3O2/c1-13-12-14(16(20)21)4-5-15(13)19-10-8-18(9-11-19)7-6-17(2)3/h4-5,12H,6-11H2,1-3H3,(H,20,21). The molecule has 5 nitrogen and oxygen atoms in total. The van der Waals surface area contributed by atoms with Gasteiger partial charge in [-0.25, -0.2) is 4.79 Å². The monoisotopic (exact) mass is 291 g/mol. The average Bonchev–Trinajstić information content (AvgIpc) is 2.45. The number of aromatic carboxylic acids is 1. The molecule has 1 aromatic rings. The first kappa shape index (κ1) is 15.8. The van der Waals surface area contributed by atoms with Crippen LogP contribution in [0.5, 0.6) is 0 Å². The fourth-order valence-corrected chi connectivity index (χ4v) is 2.70. The normalized spacial score (nSPS) is 16.5. The van der Waals surface area contributed by atoms with Crippen LogP contribution in [0.15, 0.2) is 18.2 Å². The highest BCUT2D eigenvalue weighted by Gasteiger charge is 2.18. The molecule has 0 unspecified atom stereocenters. The summed E-state index contributed by atoms with van der Waals surface area (Å²) in [5, 5.41) is 9.02. The predicted molar refractivity (Wildman–Crippen MR) is 85.3 cm³/mol. The van der Waals surface area contributed by atoms with E-state index < -0.39 is 5.97 Å². The van der Waals surface area contributed by atoms with Gasteiger partial charge in [0.15, 0.2) is 0 Å². The van der Waals surface area contributed by atoms with Crippen LogP contribution in [0.2, 0.25) is 0 Å². The molecule has 0 atom stereocenters. The lowest BCUT2D eigenvalue weighted by Crippen LogP contribution is -2.48. The van der Waals surface area contributed by atoms with Gasteiger partial charge in [-0.05, 0) is 44.8 Å². The second-order valence-corrected chi connectivity index (χ2v) is 5.94. The molecule has 21 heavy (non-hydrogen) atoms. The number of carboxylic acids is 1. The van der Waals surface area contributed by atoms with Crippen LogP contribution < -0.4 is 4.90 Å². The number of hydrogen-bond donors (Lipinski definition) is 1. The second-order valence-electron chi connectivity index (χ2n) is 5.94. The van der Waals surface area contributed by atoms with E-state index in [-0.39, 0.29) is 0 Å². The topological polar surface area (TPSA) is 47.0 Å². The molecule has 0 aliphatic carbocycles. The van der Waals surface area contributed by atoms with E-state index in [9.17, 15) is 4.79 Å². The Morgan fingerprint density at radius 2 is 1.90 bits per heavy atom. The molecule has 1 fully saturated rings. The molecular formula is C16H25N3O2. The summed E-state index contributed by atoms with van der Waals surface area (Å²) in [6.07, 6.45) is 0. The Morgan fingerprint density at radius 1 is 1.24 bits per heavy atom. The first-order chi connectivity index (χ1) is 9.97. The maximum atomic E-state index is 11.0. The van der Waals surface area contributed by atoms with Gasteiger partial charge in [-0.15, -0.1) is 0 Å².